The second-order valence-electron chi connectivity index (χ2n) is 4.71. The average Bonchev–Trinajstić information content (AvgIpc) is 2.22. The Balaban J connectivity index is 2.06. The molecule has 3 heteroatoms. The molecule has 2 rings (SSSR count). The van der Waals surface area contributed by atoms with Gasteiger partial charge in [-0.25, -0.2) is 0 Å². The molecule has 84 valence electrons. The fourth-order valence-electron chi connectivity index (χ4n) is 3.05. The van der Waals surface area contributed by atoms with Crippen LogP contribution < -0.4 is 0 Å². The van der Waals surface area contributed by atoms with E-state index in [1.807, 2.05) is 0 Å². The molecule has 0 spiro atoms. The summed E-state index contributed by atoms with van der Waals surface area (Å²) in [7, 11) is 0. The van der Waals surface area contributed by atoms with Crippen molar-refractivity contribution in [2.24, 2.45) is 11.8 Å². The van der Waals surface area contributed by atoms with Gasteiger partial charge in [0.15, 0.2) is 0 Å². The summed E-state index contributed by atoms with van der Waals surface area (Å²) < 4.78 is 5.32. The van der Waals surface area contributed by atoms with E-state index >= 15 is 0 Å². The largest absolute Gasteiger partial charge is 0.462 e. The highest BCUT2D eigenvalue weighted by Gasteiger charge is 2.41. The lowest BCUT2D eigenvalue weighted by molar-refractivity contribution is -0.157. The number of ether oxygens (including phenoxy) is 1. The first-order valence-electron chi connectivity index (χ1n) is 5.88. The van der Waals surface area contributed by atoms with Gasteiger partial charge >= 0.3 is 5.97 Å². The molecule has 2 fully saturated rings. The van der Waals surface area contributed by atoms with Gasteiger partial charge in [0.05, 0.1) is 0 Å². The number of hydrogen-bond acceptors (Lipinski definition) is 3. The lowest BCUT2D eigenvalue weighted by Gasteiger charge is -2.39. The standard InChI is InChI=1S/C12H18O3/c1-8(13)15-12-7-6-11(14)9-4-2-3-5-10(9)12/h9-10,12H,2-7H2,1H3. The van der Waals surface area contributed by atoms with E-state index in [-0.39, 0.29) is 18.0 Å². The van der Waals surface area contributed by atoms with Crippen LogP contribution in [0, 0.1) is 11.8 Å². The van der Waals surface area contributed by atoms with Gasteiger partial charge in [-0.3, -0.25) is 9.59 Å². The minimum Gasteiger partial charge on any atom is -0.462 e. The summed E-state index contributed by atoms with van der Waals surface area (Å²) in [6, 6.07) is 0. The highest BCUT2D eigenvalue weighted by Crippen LogP contribution is 2.39. The Hall–Kier alpha value is -0.860. The van der Waals surface area contributed by atoms with Crippen molar-refractivity contribution in [3.05, 3.63) is 0 Å². The van der Waals surface area contributed by atoms with Crippen molar-refractivity contribution in [3.63, 3.8) is 0 Å². The number of ketones is 1. The highest BCUT2D eigenvalue weighted by atomic mass is 16.5. The number of carbonyl (C=O) groups excluding carboxylic acids is 2. The Morgan fingerprint density at radius 1 is 1.27 bits per heavy atom. The molecule has 0 N–H and O–H groups in total. The molecular formula is C12H18O3. The van der Waals surface area contributed by atoms with E-state index in [0.29, 0.717) is 18.1 Å². The second-order valence-corrected chi connectivity index (χ2v) is 4.71. The smallest absolute Gasteiger partial charge is 0.302 e. The molecule has 0 aromatic carbocycles. The Bertz CT molecular complexity index is 272. The quantitative estimate of drug-likeness (QED) is 0.622. The third-order valence-corrected chi connectivity index (χ3v) is 3.70. The third kappa shape index (κ3) is 2.21. The van der Waals surface area contributed by atoms with E-state index in [2.05, 4.69) is 0 Å². The summed E-state index contributed by atoms with van der Waals surface area (Å²) in [6.45, 7) is 1.45. The maximum atomic E-state index is 11.7. The molecule has 0 aliphatic heterocycles. The van der Waals surface area contributed by atoms with Crippen molar-refractivity contribution in [3.8, 4) is 0 Å². The lowest BCUT2D eigenvalue weighted by Crippen LogP contribution is -2.42. The van der Waals surface area contributed by atoms with E-state index in [4.69, 9.17) is 4.74 Å². The van der Waals surface area contributed by atoms with Crippen molar-refractivity contribution in [1.29, 1.82) is 0 Å². The zero-order chi connectivity index (χ0) is 10.8. The number of Topliss-reactive ketones (excluding diaryl/α,β-unsaturated/α-hetero) is 1. The molecule has 0 radical (unpaired) electrons. The fourth-order valence-corrected chi connectivity index (χ4v) is 3.05. The Kier molecular flexibility index (Phi) is 3.08. The highest BCUT2D eigenvalue weighted by molar-refractivity contribution is 5.82. The van der Waals surface area contributed by atoms with Crippen LogP contribution in [0.2, 0.25) is 0 Å². The first-order valence-corrected chi connectivity index (χ1v) is 5.88. The molecule has 0 amide bonds. The molecule has 15 heavy (non-hydrogen) atoms. The van der Waals surface area contributed by atoms with Crippen LogP contribution in [0.1, 0.15) is 45.4 Å². The summed E-state index contributed by atoms with van der Waals surface area (Å²) in [6.07, 6.45) is 5.71. The maximum Gasteiger partial charge on any atom is 0.302 e. The van der Waals surface area contributed by atoms with E-state index in [0.717, 1.165) is 25.7 Å². The predicted octanol–water partition coefficient (Wildman–Crippen LogP) is 2.09. The first-order chi connectivity index (χ1) is 7.18. The van der Waals surface area contributed by atoms with Crippen LogP contribution in [0.5, 0.6) is 0 Å². The Morgan fingerprint density at radius 2 is 2.00 bits per heavy atom. The van der Waals surface area contributed by atoms with Gasteiger partial charge in [-0.05, 0) is 19.3 Å². The maximum absolute atomic E-state index is 11.7. The number of esters is 1. The molecule has 3 atom stereocenters. The van der Waals surface area contributed by atoms with E-state index in [1.54, 1.807) is 0 Å². The lowest BCUT2D eigenvalue weighted by atomic mass is 9.69. The normalized spacial score (nSPS) is 35.8. The number of hydrogen-bond donors (Lipinski definition) is 0. The monoisotopic (exact) mass is 210 g/mol. The summed E-state index contributed by atoms with van der Waals surface area (Å²) >= 11 is 0. The molecule has 0 aromatic rings. The summed E-state index contributed by atoms with van der Waals surface area (Å²) in [5.74, 6) is 0.669. The summed E-state index contributed by atoms with van der Waals surface area (Å²) in [5.41, 5.74) is 0. The predicted molar refractivity (Wildman–Crippen MR) is 55.2 cm³/mol. The van der Waals surface area contributed by atoms with Crippen molar-refractivity contribution in [1.82, 2.24) is 0 Å². The molecular weight excluding hydrogens is 192 g/mol. The minimum absolute atomic E-state index is 0.00509. The van der Waals surface area contributed by atoms with E-state index < -0.39 is 0 Å². The van der Waals surface area contributed by atoms with Crippen molar-refractivity contribution in [2.75, 3.05) is 0 Å². The van der Waals surface area contributed by atoms with Crippen LogP contribution >= 0.6 is 0 Å². The van der Waals surface area contributed by atoms with Gasteiger partial charge in [-0.1, -0.05) is 12.8 Å². The van der Waals surface area contributed by atoms with Gasteiger partial charge in [0, 0.05) is 25.2 Å². The fraction of sp³-hybridized carbons (Fsp3) is 0.833. The molecule has 3 unspecified atom stereocenters. The minimum atomic E-state index is -0.210. The van der Waals surface area contributed by atoms with Gasteiger partial charge in [0.1, 0.15) is 11.9 Å². The molecule has 0 heterocycles. The third-order valence-electron chi connectivity index (χ3n) is 3.70. The van der Waals surface area contributed by atoms with E-state index in [1.165, 1.54) is 13.3 Å². The second kappa shape index (κ2) is 4.33. The molecule has 0 saturated heterocycles. The van der Waals surface area contributed by atoms with Gasteiger partial charge in [0.2, 0.25) is 0 Å². The van der Waals surface area contributed by atoms with Crippen LogP contribution in [-0.2, 0) is 14.3 Å². The summed E-state index contributed by atoms with van der Waals surface area (Å²) in [4.78, 5) is 22.7. The van der Waals surface area contributed by atoms with E-state index in [9.17, 15) is 9.59 Å². The Labute approximate surface area is 90.2 Å². The Morgan fingerprint density at radius 3 is 2.73 bits per heavy atom. The number of fused-ring (bicyclic) bond motifs is 1. The number of carbonyl (C=O) groups is 2. The molecule has 0 aromatic heterocycles. The van der Waals surface area contributed by atoms with Crippen LogP contribution in [0.4, 0.5) is 0 Å². The van der Waals surface area contributed by atoms with Gasteiger partial charge in [-0.15, -0.1) is 0 Å². The van der Waals surface area contributed by atoms with Crippen molar-refractivity contribution in [2.45, 2.75) is 51.6 Å². The number of rotatable bonds is 1. The van der Waals surface area contributed by atoms with Crippen molar-refractivity contribution < 1.29 is 14.3 Å². The van der Waals surface area contributed by atoms with Crippen LogP contribution in [0.15, 0.2) is 0 Å². The van der Waals surface area contributed by atoms with Gasteiger partial charge in [0.25, 0.3) is 0 Å². The van der Waals surface area contributed by atoms with Crippen molar-refractivity contribution >= 4 is 11.8 Å². The van der Waals surface area contributed by atoms with Gasteiger partial charge in [-0.2, -0.15) is 0 Å². The molecule has 2 aliphatic rings. The van der Waals surface area contributed by atoms with Crippen LogP contribution in [0.3, 0.4) is 0 Å². The molecule has 2 saturated carbocycles. The average molecular weight is 210 g/mol. The summed E-state index contributed by atoms with van der Waals surface area (Å²) in [5, 5.41) is 0. The van der Waals surface area contributed by atoms with Crippen LogP contribution in [0.25, 0.3) is 0 Å². The zero-order valence-electron chi connectivity index (χ0n) is 9.20. The zero-order valence-corrected chi connectivity index (χ0v) is 9.20. The topological polar surface area (TPSA) is 43.4 Å². The first kappa shape index (κ1) is 10.7. The van der Waals surface area contributed by atoms with Crippen LogP contribution in [-0.4, -0.2) is 17.9 Å². The molecule has 0 bridgehead atoms. The SMILES string of the molecule is CC(=O)OC1CCC(=O)C2CCCCC12. The molecule has 2 aliphatic carbocycles. The van der Waals surface area contributed by atoms with Gasteiger partial charge < -0.3 is 4.74 Å². The molecule has 3 nitrogen and oxygen atoms in total.